The van der Waals surface area contributed by atoms with Crippen molar-refractivity contribution in [3.8, 4) is 11.5 Å². The fourth-order valence-electron chi connectivity index (χ4n) is 3.69. The first-order valence-electron chi connectivity index (χ1n) is 8.76. The van der Waals surface area contributed by atoms with Crippen LogP contribution in [0.2, 0.25) is 0 Å². The minimum atomic E-state index is -1.02. The van der Waals surface area contributed by atoms with Gasteiger partial charge in [-0.3, -0.25) is 19.8 Å². The van der Waals surface area contributed by atoms with Crippen LogP contribution in [0.1, 0.15) is 24.9 Å². The summed E-state index contributed by atoms with van der Waals surface area (Å²) in [6.07, 6.45) is 0.407. The Hall–Kier alpha value is -3.09. The number of ether oxygens (including phenoxy) is 2. The van der Waals surface area contributed by atoms with Gasteiger partial charge in [-0.15, -0.1) is 0 Å². The van der Waals surface area contributed by atoms with Gasteiger partial charge in [0, 0.05) is 10.6 Å². The van der Waals surface area contributed by atoms with Crippen molar-refractivity contribution in [3.05, 3.63) is 64.2 Å². The summed E-state index contributed by atoms with van der Waals surface area (Å²) in [5.41, 5.74) is 1.32. The summed E-state index contributed by atoms with van der Waals surface area (Å²) < 4.78 is 10.3. The highest BCUT2D eigenvalue weighted by molar-refractivity contribution is 5.99. The van der Waals surface area contributed by atoms with E-state index in [1.54, 1.807) is 67.7 Å². The van der Waals surface area contributed by atoms with Gasteiger partial charge >= 0.3 is 0 Å². The molecule has 1 amide bonds. The SMILES string of the molecule is CC[C@@H]1C(=O)N(c2ccc(OC)cc2)[C@H](c2ccc(OC)cc2)[C@H]1[N+](=O)[O-]. The van der Waals surface area contributed by atoms with Crippen LogP contribution in [-0.2, 0) is 4.79 Å². The van der Waals surface area contributed by atoms with Gasteiger partial charge in [-0.05, 0) is 48.4 Å². The molecule has 2 aromatic rings. The van der Waals surface area contributed by atoms with E-state index >= 15 is 0 Å². The van der Waals surface area contributed by atoms with Crippen molar-refractivity contribution in [3.63, 3.8) is 0 Å². The Morgan fingerprint density at radius 2 is 1.52 bits per heavy atom. The predicted molar refractivity (Wildman–Crippen MR) is 101 cm³/mol. The number of rotatable bonds is 6. The smallest absolute Gasteiger partial charge is 0.249 e. The first kappa shape index (κ1) is 18.7. The maximum atomic E-state index is 13.1. The van der Waals surface area contributed by atoms with Crippen molar-refractivity contribution in [2.75, 3.05) is 19.1 Å². The number of carbonyl (C=O) groups is 1. The third-order valence-electron chi connectivity index (χ3n) is 5.06. The third-order valence-corrected chi connectivity index (χ3v) is 5.06. The van der Waals surface area contributed by atoms with Crippen molar-refractivity contribution in [1.29, 1.82) is 0 Å². The van der Waals surface area contributed by atoms with Gasteiger partial charge < -0.3 is 9.47 Å². The molecule has 0 aromatic heterocycles. The Bertz CT molecular complexity index is 819. The van der Waals surface area contributed by atoms with Gasteiger partial charge in [-0.2, -0.15) is 0 Å². The van der Waals surface area contributed by atoms with E-state index in [4.69, 9.17) is 9.47 Å². The summed E-state index contributed by atoms with van der Waals surface area (Å²) >= 11 is 0. The molecule has 27 heavy (non-hydrogen) atoms. The molecule has 2 aromatic carbocycles. The predicted octanol–water partition coefficient (Wildman–Crippen LogP) is 3.46. The molecule has 0 radical (unpaired) electrons. The molecule has 3 atom stereocenters. The number of nitrogens with zero attached hydrogens (tertiary/aromatic N) is 2. The molecule has 0 aliphatic carbocycles. The van der Waals surface area contributed by atoms with E-state index in [-0.39, 0.29) is 10.8 Å². The van der Waals surface area contributed by atoms with Crippen molar-refractivity contribution < 1.29 is 19.2 Å². The highest BCUT2D eigenvalue weighted by atomic mass is 16.6. The Kier molecular flexibility index (Phi) is 5.30. The summed E-state index contributed by atoms with van der Waals surface area (Å²) in [6, 6.07) is 12.4. The van der Waals surface area contributed by atoms with Crippen molar-refractivity contribution >= 4 is 11.6 Å². The van der Waals surface area contributed by atoms with E-state index in [2.05, 4.69) is 0 Å². The van der Waals surface area contributed by atoms with E-state index in [0.717, 1.165) is 0 Å². The molecule has 1 aliphatic heterocycles. The highest BCUT2D eigenvalue weighted by Crippen LogP contribution is 2.43. The van der Waals surface area contributed by atoms with Crippen LogP contribution in [0.3, 0.4) is 0 Å². The topological polar surface area (TPSA) is 81.9 Å². The Labute approximate surface area is 157 Å². The lowest BCUT2D eigenvalue weighted by Crippen LogP contribution is -2.33. The fraction of sp³-hybridized carbons (Fsp3) is 0.350. The average Bonchev–Trinajstić information content (AvgIpc) is 3.00. The quantitative estimate of drug-likeness (QED) is 0.574. The molecule has 0 bridgehead atoms. The number of nitro groups is 1. The van der Waals surface area contributed by atoms with E-state index < -0.39 is 18.0 Å². The normalized spacial score (nSPS) is 22.0. The maximum absolute atomic E-state index is 13.1. The summed E-state index contributed by atoms with van der Waals surface area (Å²) in [6.45, 7) is 1.81. The number of carbonyl (C=O) groups excluding carboxylic acids is 1. The summed E-state index contributed by atoms with van der Waals surface area (Å²) in [7, 11) is 3.12. The number of amides is 1. The number of anilines is 1. The maximum Gasteiger partial charge on any atom is 0.249 e. The minimum absolute atomic E-state index is 0.231. The molecule has 142 valence electrons. The molecule has 1 saturated heterocycles. The molecule has 7 heteroatoms. The van der Waals surface area contributed by atoms with Crippen molar-refractivity contribution in [2.45, 2.75) is 25.4 Å². The molecule has 3 rings (SSSR count). The van der Waals surface area contributed by atoms with Crippen LogP contribution in [0.15, 0.2) is 48.5 Å². The highest BCUT2D eigenvalue weighted by Gasteiger charge is 2.55. The largest absolute Gasteiger partial charge is 0.497 e. The van der Waals surface area contributed by atoms with Crippen LogP contribution < -0.4 is 14.4 Å². The lowest BCUT2D eigenvalue weighted by Gasteiger charge is -2.25. The summed E-state index contributed by atoms with van der Waals surface area (Å²) in [5, 5.41) is 11.9. The summed E-state index contributed by atoms with van der Waals surface area (Å²) in [4.78, 5) is 26.2. The van der Waals surface area contributed by atoms with Gasteiger partial charge in [0.1, 0.15) is 23.5 Å². The Morgan fingerprint density at radius 1 is 1.00 bits per heavy atom. The second-order valence-electron chi connectivity index (χ2n) is 6.41. The molecule has 7 nitrogen and oxygen atoms in total. The average molecular weight is 370 g/mol. The van der Waals surface area contributed by atoms with Crippen LogP contribution in [0.5, 0.6) is 11.5 Å². The second kappa shape index (κ2) is 7.65. The molecule has 0 spiro atoms. The monoisotopic (exact) mass is 370 g/mol. The van der Waals surface area contributed by atoms with E-state index in [9.17, 15) is 14.9 Å². The zero-order valence-corrected chi connectivity index (χ0v) is 15.5. The first-order chi connectivity index (χ1) is 13.0. The zero-order chi connectivity index (χ0) is 19.6. The van der Waals surface area contributed by atoms with Crippen molar-refractivity contribution in [2.24, 2.45) is 5.92 Å². The van der Waals surface area contributed by atoms with Crippen LogP contribution in [0.4, 0.5) is 5.69 Å². The second-order valence-corrected chi connectivity index (χ2v) is 6.41. The van der Waals surface area contributed by atoms with Crippen LogP contribution in [0.25, 0.3) is 0 Å². The number of hydrogen-bond acceptors (Lipinski definition) is 5. The van der Waals surface area contributed by atoms with E-state index in [1.165, 1.54) is 0 Å². The molecular formula is C20H22N2O5. The van der Waals surface area contributed by atoms with Gasteiger partial charge in [0.05, 0.1) is 14.2 Å². The Morgan fingerprint density at radius 3 is 1.96 bits per heavy atom. The van der Waals surface area contributed by atoms with Gasteiger partial charge in [-0.25, -0.2) is 0 Å². The lowest BCUT2D eigenvalue weighted by atomic mass is 9.92. The molecular weight excluding hydrogens is 348 g/mol. The number of methoxy groups -OCH3 is 2. The number of benzene rings is 2. The number of hydrogen-bond donors (Lipinski definition) is 0. The first-order valence-corrected chi connectivity index (χ1v) is 8.76. The van der Waals surface area contributed by atoms with Gasteiger partial charge in [0.2, 0.25) is 11.9 Å². The van der Waals surface area contributed by atoms with Crippen LogP contribution in [0, 0.1) is 16.0 Å². The lowest BCUT2D eigenvalue weighted by molar-refractivity contribution is -0.530. The van der Waals surface area contributed by atoms with Crippen LogP contribution >= 0.6 is 0 Å². The van der Waals surface area contributed by atoms with E-state index in [0.29, 0.717) is 29.2 Å². The fourth-order valence-corrected chi connectivity index (χ4v) is 3.69. The zero-order valence-electron chi connectivity index (χ0n) is 15.5. The molecule has 0 N–H and O–H groups in total. The van der Waals surface area contributed by atoms with Crippen molar-refractivity contribution in [1.82, 2.24) is 0 Å². The van der Waals surface area contributed by atoms with Crippen LogP contribution in [-0.4, -0.2) is 31.1 Å². The molecule has 1 aliphatic rings. The Balaban J connectivity index is 2.10. The molecule has 0 unspecified atom stereocenters. The van der Waals surface area contributed by atoms with Gasteiger partial charge in [0.25, 0.3) is 0 Å². The van der Waals surface area contributed by atoms with Gasteiger partial charge in [-0.1, -0.05) is 19.1 Å². The molecule has 1 fully saturated rings. The van der Waals surface area contributed by atoms with E-state index in [1.807, 2.05) is 6.92 Å². The molecule has 1 heterocycles. The minimum Gasteiger partial charge on any atom is -0.497 e. The third kappa shape index (κ3) is 3.32. The summed E-state index contributed by atoms with van der Waals surface area (Å²) in [5.74, 6) is 0.410. The van der Waals surface area contributed by atoms with Gasteiger partial charge in [0.15, 0.2) is 0 Å². The standard InChI is InChI=1S/C20H22N2O5/c1-4-17-19(22(24)25)18(13-5-9-15(26-2)10-6-13)21(20(17)23)14-7-11-16(27-3)12-8-14/h5-12,17-19H,4H2,1-3H3/t17-,18+,19-/m0/s1. The molecule has 0 saturated carbocycles.